The first kappa shape index (κ1) is 14.7. The molecule has 1 saturated heterocycles. The van der Waals surface area contributed by atoms with E-state index >= 15 is 0 Å². The zero-order valence-corrected chi connectivity index (χ0v) is 12.2. The monoisotopic (exact) mass is 247 g/mol. The lowest BCUT2D eigenvalue weighted by atomic mass is 10.0. The number of hydrogen-bond acceptors (Lipinski definition) is 1. The molecule has 1 aliphatic heterocycles. The van der Waals surface area contributed by atoms with Crippen molar-refractivity contribution < 1.29 is 4.79 Å². The van der Waals surface area contributed by atoms with Crippen LogP contribution in [0.15, 0.2) is 24.3 Å². The Morgan fingerprint density at radius 3 is 2.11 bits per heavy atom. The van der Waals surface area contributed by atoms with Crippen LogP contribution in [-0.4, -0.2) is 11.9 Å². The van der Waals surface area contributed by atoms with Gasteiger partial charge < -0.3 is 4.90 Å². The Balaban J connectivity index is 0.000000771. The molecule has 100 valence electrons. The van der Waals surface area contributed by atoms with Crippen molar-refractivity contribution >= 4 is 11.6 Å². The standard InChI is InChI=1S/C14H19NO.C2H6/c1-10(2)12-5-7-13(8-6-12)15-11(3)4-9-14(15)16;1-2/h5-8,10-11H,4,9H2,1-3H3;1-2H3. The van der Waals surface area contributed by atoms with Gasteiger partial charge >= 0.3 is 0 Å². The first-order valence-corrected chi connectivity index (χ1v) is 7.01. The van der Waals surface area contributed by atoms with Gasteiger partial charge in [0, 0.05) is 18.2 Å². The average molecular weight is 247 g/mol. The van der Waals surface area contributed by atoms with Crippen LogP contribution in [0.2, 0.25) is 0 Å². The third kappa shape index (κ3) is 3.12. The van der Waals surface area contributed by atoms with Crippen molar-refractivity contribution in [2.75, 3.05) is 4.90 Å². The molecule has 1 amide bonds. The van der Waals surface area contributed by atoms with Gasteiger partial charge in [-0.25, -0.2) is 0 Å². The van der Waals surface area contributed by atoms with E-state index in [4.69, 9.17) is 0 Å². The SMILES string of the molecule is CC.CC(C)c1ccc(N2C(=O)CCC2C)cc1. The number of carbonyl (C=O) groups excluding carboxylic acids is 1. The molecule has 1 aliphatic rings. The lowest BCUT2D eigenvalue weighted by molar-refractivity contribution is -0.117. The van der Waals surface area contributed by atoms with Crippen LogP contribution in [-0.2, 0) is 4.79 Å². The molecule has 0 aromatic heterocycles. The van der Waals surface area contributed by atoms with Gasteiger partial charge in [-0.2, -0.15) is 0 Å². The van der Waals surface area contributed by atoms with E-state index in [0.717, 1.165) is 12.1 Å². The van der Waals surface area contributed by atoms with Crippen LogP contribution in [0.1, 0.15) is 58.9 Å². The summed E-state index contributed by atoms with van der Waals surface area (Å²) < 4.78 is 0. The summed E-state index contributed by atoms with van der Waals surface area (Å²) in [5, 5.41) is 0. The summed E-state index contributed by atoms with van der Waals surface area (Å²) >= 11 is 0. The predicted octanol–water partition coefficient (Wildman–Crippen LogP) is 4.35. The Hall–Kier alpha value is -1.31. The zero-order valence-electron chi connectivity index (χ0n) is 12.2. The first-order valence-electron chi connectivity index (χ1n) is 7.01. The molecule has 0 N–H and O–H groups in total. The van der Waals surface area contributed by atoms with Crippen molar-refractivity contribution in [3.63, 3.8) is 0 Å². The maximum atomic E-state index is 11.7. The number of anilines is 1. The van der Waals surface area contributed by atoms with Crippen molar-refractivity contribution in [2.24, 2.45) is 0 Å². The average Bonchev–Trinajstić information content (AvgIpc) is 2.72. The molecule has 18 heavy (non-hydrogen) atoms. The molecule has 0 spiro atoms. The molecule has 2 heteroatoms. The minimum atomic E-state index is 0.254. The molecule has 1 unspecified atom stereocenters. The number of amides is 1. The molecule has 1 aromatic rings. The summed E-state index contributed by atoms with van der Waals surface area (Å²) in [4.78, 5) is 13.7. The summed E-state index contributed by atoms with van der Waals surface area (Å²) in [5.41, 5.74) is 2.36. The highest BCUT2D eigenvalue weighted by Gasteiger charge is 2.28. The molecule has 0 saturated carbocycles. The Morgan fingerprint density at radius 1 is 1.17 bits per heavy atom. The Morgan fingerprint density at radius 2 is 1.72 bits per heavy atom. The van der Waals surface area contributed by atoms with Crippen LogP contribution < -0.4 is 4.90 Å². The number of rotatable bonds is 2. The third-order valence-electron chi connectivity index (χ3n) is 3.32. The molecule has 1 fully saturated rings. The van der Waals surface area contributed by atoms with E-state index in [0.29, 0.717) is 18.4 Å². The van der Waals surface area contributed by atoms with E-state index in [1.54, 1.807) is 0 Å². The van der Waals surface area contributed by atoms with Gasteiger partial charge in [0.15, 0.2) is 0 Å². The number of hydrogen-bond donors (Lipinski definition) is 0. The molecule has 2 nitrogen and oxygen atoms in total. The summed E-state index contributed by atoms with van der Waals surface area (Å²) in [6.07, 6.45) is 1.66. The normalized spacial score (nSPS) is 18.9. The van der Waals surface area contributed by atoms with E-state index in [1.807, 2.05) is 18.7 Å². The van der Waals surface area contributed by atoms with Crippen molar-refractivity contribution in [3.05, 3.63) is 29.8 Å². The van der Waals surface area contributed by atoms with Gasteiger partial charge in [0.25, 0.3) is 0 Å². The van der Waals surface area contributed by atoms with E-state index < -0.39 is 0 Å². The second-order valence-corrected chi connectivity index (χ2v) is 4.90. The maximum absolute atomic E-state index is 11.7. The Kier molecular flexibility index (Phi) is 5.39. The molecule has 0 bridgehead atoms. The second kappa shape index (κ2) is 6.58. The summed E-state index contributed by atoms with van der Waals surface area (Å²) in [6.45, 7) is 10.5. The van der Waals surface area contributed by atoms with Crippen LogP contribution in [0.4, 0.5) is 5.69 Å². The van der Waals surface area contributed by atoms with E-state index in [-0.39, 0.29) is 5.91 Å². The minimum absolute atomic E-state index is 0.254. The third-order valence-corrected chi connectivity index (χ3v) is 3.32. The fraction of sp³-hybridized carbons (Fsp3) is 0.562. The molecule has 1 atom stereocenters. The van der Waals surface area contributed by atoms with Gasteiger partial charge in [0.2, 0.25) is 5.91 Å². The first-order chi connectivity index (χ1) is 8.59. The van der Waals surface area contributed by atoms with Gasteiger partial charge in [-0.3, -0.25) is 4.79 Å². The predicted molar refractivity (Wildman–Crippen MR) is 78.1 cm³/mol. The van der Waals surface area contributed by atoms with Gasteiger partial charge in [0.05, 0.1) is 0 Å². The highest BCUT2D eigenvalue weighted by molar-refractivity contribution is 5.96. The maximum Gasteiger partial charge on any atom is 0.227 e. The summed E-state index contributed by atoms with van der Waals surface area (Å²) in [5.74, 6) is 0.797. The lowest BCUT2D eigenvalue weighted by Gasteiger charge is -2.22. The highest BCUT2D eigenvalue weighted by Crippen LogP contribution is 2.27. The minimum Gasteiger partial charge on any atom is -0.310 e. The van der Waals surface area contributed by atoms with E-state index in [9.17, 15) is 4.79 Å². The van der Waals surface area contributed by atoms with Gasteiger partial charge in [0.1, 0.15) is 0 Å². The fourth-order valence-electron chi connectivity index (χ4n) is 2.25. The molecule has 1 aromatic carbocycles. The molecule has 0 radical (unpaired) electrons. The quantitative estimate of drug-likeness (QED) is 0.760. The van der Waals surface area contributed by atoms with Crippen molar-refractivity contribution in [1.82, 2.24) is 0 Å². The van der Waals surface area contributed by atoms with Gasteiger partial charge in [-0.05, 0) is 37.0 Å². The fourth-order valence-corrected chi connectivity index (χ4v) is 2.25. The molecular formula is C16H25NO. The summed E-state index contributed by atoms with van der Waals surface area (Å²) in [6, 6.07) is 8.72. The Bertz CT molecular complexity index is 381. The molecular weight excluding hydrogens is 222 g/mol. The van der Waals surface area contributed by atoms with Crippen LogP contribution in [0, 0.1) is 0 Å². The highest BCUT2D eigenvalue weighted by atomic mass is 16.2. The zero-order chi connectivity index (χ0) is 13.7. The van der Waals surface area contributed by atoms with Crippen LogP contribution in [0.5, 0.6) is 0 Å². The number of benzene rings is 1. The molecule has 1 heterocycles. The smallest absolute Gasteiger partial charge is 0.227 e. The molecule has 0 aliphatic carbocycles. The topological polar surface area (TPSA) is 20.3 Å². The van der Waals surface area contributed by atoms with Crippen molar-refractivity contribution in [1.29, 1.82) is 0 Å². The van der Waals surface area contributed by atoms with Crippen molar-refractivity contribution in [3.8, 4) is 0 Å². The Labute approximate surface area is 111 Å². The lowest BCUT2D eigenvalue weighted by Crippen LogP contribution is -2.30. The van der Waals surface area contributed by atoms with Gasteiger partial charge in [-0.1, -0.05) is 39.8 Å². The summed E-state index contributed by atoms with van der Waals surface area (Å²) in [7, 11) is 0. The molecule has 2 rings (SSSR count). The van der Waals surface area contributed by atoms with Crippen LogP contribution in [0.25, 0.3) is 0 Å². The van der Waals surface area contributed by atoms with Crippen LogP contribution in [0.3, 0.4) is 0 Å². The van der Waals surface area contributed by atoms with E-state index in [1.165, 1.54) is 5.56 Å². The number of nitrogens with zero attached hydrogens (tertiary/aromatic N) is 1. The van der Waals surface area contributed by atoms with E-state index in [2.05, 4.69) is 45.0 Å². The van der Waals surface area contributed by atoms with Crippen LogP contribution >= 0.6 is 0 Å². The van der Waals surface area contributed by atoms with Crippen molar-refractivity contribution in [2.45, 2.75) is 59.4 Å². The van der Waals surface area contributed by atoms with Gasteiger partial charge in [-0.15, -0.1) is 0 Å². The second-order valence-electron chi connectivity index (χ2n) is 4.90. The number of carbonyl (C=O) groups is 1. The largest absolute Gasteiger partial charge is 0.310 e.